The molecule has 2 unspecified atom stereocenters. The Morgan fingerprint density at radius 2 is 0.780 bits per heavy atom. The monoisotopic (exact) mass is 1630 g/mol. The predicted molar refractivity (Wildman–Crippen MR) is 450 cm³/mol. The van der Waals surface area contributed by atoms with Gasteiger partial charge in [0.25, 0.3) is 5.91 Å². The molecular weight excluding hydrogens is 1520 g/mol. The molecule has 0 spiro atoms. The molecule has 0 saturated heterocycles. The summed E-state index contributed by atoms with van der Waals surface area (Å²) in [6.07, 6.45) is 6.74. The van der Waals surface area contributed by atoms with Crippen LogP contribution in [0.4, 0.5) is 19.2 Å². The molecule has 7 atom stereocenters. The molecule has 0 aliphatic carbocycles. The number of fused-ring (bicyclic) bond motifs is 5. The van der Waals surface area contributed by atoms with Gasteiger partial charge in [0.05, 0.1) is 38.4 Å². The molecule has 10 rings (SSSR count). The first-order valence-electron chi connectivity index (χ1n) is 37.8. The number of para-hydroxylation sites is 5. The summed E-state index contributed by atoms with van der Waals surface area (Å²) in [4.78, 5) is 119. The number of nitriles is 2. The number of primary amides is 1. The molecular formula is C86H116N14O18. The third kappa shape index (κ3) is 34.6. The summed E-state index contributed by atoms with van der Waals surface area (Å²) in [5, 5.41) is 70.6. The summed E-state index contributed by atoms with van der Waals surface area (Å²) in [6, 6.07) is 39.1. The van der Waals surface area contributed by atoms with Crippen molar-refractivity contribution in [2.24, 2.45) is 11.7 Å². The van der Waals surface area contributed by atoms with E-state index in [-0.39, 0.29) is 18.2 Å². The minimum atomic E-state index is -1.32. The highest BCUT2D eigenvalue weighted by atomic mass is 16.7. The van der Waals surface area contributed by atoms with Crippen molar-refractivity contribution >= 4 is 103 Å². The van der Waals surface area contributed by atoms with Crippen LogP contribution in [-0.2, 0) is 79.9 Å². The number of carboxylic acids is 1. The number of aromatic nitrogens is 5. The van der Waals surface area contributed by atoms with E-state index in [0.717, 1.165) is 93.7 Å². The van der Waals surface area contributed by atoms with Gasteiger partial charge >= 0.3 is 30.3 Å². The number of amides is 6. The van der Waals surface area contributed by atoms with Crippen LogP contribution in [0.5, 0.6) is 0 Å². The molecule has 0 saturated carbocycles. The van der Waals surface area contributed by atoms with Gasteiger partial charge in [0.1, 0.15) is 52.5 Å². The zero-order valence-electron chi connectivity index (χ0n) is 70.5. The molecule has 16 N–H and O–H groups in total. The van der Waals surface area contributed by atoms with E-state index in [1.165, 1.54) is 28.0 Å². The Hall–Kier alpha value is -12.3. The topological polar surface area (TPSA) is 489 Å². The molecule has 5 heterocycles. The number of carboxylic acid groups (broad SMARTS) is 1. The number of nitrogens with one attached hydrogen (secondary N) is 10. The lowest BCUT2D eigenvalue weighted by Gasteiger charge is -2.25. The van der Waals surface area contributed by atoms with Crippen LogP contribution >= 0.6 is 0 Å². The number of aldehydes is 1. The summed E-state index contributed by atoms with van der Waals surface area (Å²) < 4.78 is 20.7. The van der Waals surface area contributed by atoms with Crippen LogP contribution in [0, 0.1) is 28.6 Å². The lowest BCUT2D eigenvalue weighted by atomic mass is 9.95. The Labute approximate surface area is 687 Å². The molecule has 0 aliphatic rings. The molecule has 32 nitrogen and oxygen atoms in total. The molecule has 638 valence electrons. The van der Waals surface area contributed by atoms with Gasteiger partial charge in [-0.3, -0.25) is 14.4 Å². The third-order valence-electron chi connectivity index (χ3n) is 16.6. The summed E-state index contributed by atoms with van der Waals surface area (Å²) in [5.74, 6) is -2.32. The number of alkyl carbamates (subject to hydrolysis) is 4. The third-order valence-corrected chi connectivity index (χ3v) is 16.6. The number of hydroxylamine groups is 3. The van der Waals surface area contributed by atoms with E-state index >= 15 is 0 Å². The Morgan fingerprint density at radius 1 is 0.492 bits per heavy atom. The Bertz CT molecular complexity index is 4950. The van der Waals surface area contributed by atoms with Gasteiger partial charge in [-0.05, 0) is 174 Å². The number of benzene rings is 5. The normalized spacial score (nSPS) is 13.0. The van der Waals surface area contributed by atoms with Gasteiger partial charge < -0.3 is 101 Å². The molecule has 5 aromatic heterocycles. The molecule has 0 radical (unpaired) electrons. The molecule has 5 aromatic carbocycles. The highest BCUT2D eigenvalue weighted by molar-refractivity contribution is 5.90. The Morgan fingerprint density at radius 3 is 1.07 bits per heavy atom. The van der Waals surface area contributed by atoms with Crippen molar-refractivity contribution in [3.05, 3.63) is 180 Å². The highest BCUT2D eigenvalue weighted by Crippen LogP contribution is 2.26. The van der Waals surface area contributed by atoms with Gasteiger partial charge in [-0.15, -0.1) is 0 Å². The fourth-order valence-electron chi connectivity index (χ4n) is 11.1. The minimum Gasteiger partial charge on any atom is -0.480 e. The van der Waals surface area contributed by atoms with Gasteiger partial charge in [0.2, 0.25) is 5.91 Å². The number of hydrogen-bond acceptors (Lipinski definition) is 20. The number of H-pyrrole nitrogens is 5. The van der Waals surface area contributed by atoms with Crippen LogP contribution in [0.3, 0.4) is 0 Å². The number of aliphatic hydroxyl groups is 3. The maximum atomic E-state index is 12.6. The van der Waals surface area contributed by atoms with Crippen LogP contribution in [0.15, 0.2) is 152 Å². The lowest BCUT2D eigenvalue weighted by Crippen LogP contribution is -2.49. The van der Waals surface area contributed by atoms with Crippen LogP contribution in [-0.4, -0.2) is 192 Å². The van der Waals surface area contributed by atoms with Crippen molar-refractivity contribution in [3.63, 3.8) is 0 Å². The largest absolute Gasteiger partial charge is 0.480 e. The van der Waals surface area contributed by atoms with Crippen molar-refractivity contribution < 1.29 is 87.4 Å². The molecule has 0 fully saturated rings. The van der Waals surface area contributed by atoms with E-state index in [1.54, 1.807) is 116 Å². The summed E-state index contributed by atoms with van der Waals surface area (Å²) in [7, 11) is 6.18. The number of carbonyl (C=O) groups is 8. The number of ether oxygens (including phenoxy) is 4. The number of likely N-dealkylation sites (N-methyl/N-ethyl adjacent to an activating group) is 1. The summed E-state index contributed by atoms with van der Waals surface area (Å²) in [6.45, 7) is 25.8. The van der Waals surface area contributed by atoms with Crippen molar-refractivity contribution in [1.29, 1.82) is 10.5 Å². The lowest BCUT2D eigenvalue weighted by molar-refractivity contribution is -0.171. The van der Waals surface area contributed by atoms with E-state index in [0.29, 0.717) is 25.7 Å². The number of hydrogen-bond donors (Lipinski definition) is 15. The zero-order valence-corrected chi connectivity index (χ0v) is 70.5. The van der Waals surface area contributed by atoms with E-state index in [2.05, 4.69) is 56.5 Å². The van der Waals surface area contributed by atoms with Gasteiger partial charge in [-0.2, -0.15) is 10.5 Å². The fourth-order valence-corrected chi connectivity index (χ4v) is 11.1. The average Bonchev–Trinajstić information content (AvgIpc) is 1.70. The quantitative estimate of drug-likeness (QED) is 0.0130. The van der Waals surface area contributed by atoms with Crippen LogP contribution in [0.1, 0.15) is 132 Å². The van der Waals surface area contributed by atoms with Crippen LogP contribution in [0.25, 0.3) is 54.5 Å². The van der Waals surface area contributed by atoms with Gasteiger partial charge in [0, 0.05) is 119 Å². The van der Waals surface area contributed by atoms with Crippen LogP contribution < -0.4 is 32.5 Å². The smallest absolute Gasteiger partial charge is 0.408 e. The van der Waals surface area contributed by atoms with Gasteiger partial charge in [-0.25, -0.2) is 34.5 Å². The summed E-state index contributed by atoms with van der Waals surface area (Å²) in [5.41, 5.74) is 13.5. The van der Waals surface area contributed by atoms with Gasteiger partial charge in [0.15, 0.2) is 6.10 Å². The number of aliphatic carboxylic acids is 1. The number of rotatable bonds is 22. The zero-order chi connectivity index (χ0) is 88.5. The number of nitrogens with zero attached hydrogens (tertiary/aromatic N) is 3. The van der Waals surface area contributed by atoms with E-state index < -0.39 is 101 Å². The second-order valence-corrected chi connectivity index (χ2v) is 31.7. The minimum absolute atomic E-state index is 0.179. The molecule has 6 amide bonds. The standard InChI is InChI=1S/C18H25N3O4.C17H21N3O3.C16H20N2O4.C16H20N2O3.C13H16N2O2.C4H7NO.C2H7NO/c1-18(2,3)25-17(23)20-15(16(22)21(4)24-5)10-12-11-19-14-9-7-6-8-13(12)14;1-17(2,3)23-16(22)20-14(15(21)9-18)8-11-10-19-13-7-5-4-6-12(11)13;1-16(2,3)22-15(21)18-13(14(19)20)8-10-9-17-12-7-5-4-6-11(10)12;1-16(2,3)21-15(20)18-12(10-19)8-11-9-17-14-7-5-4-6-13(11)14;1-8(12(16)13(14)17)6-9-7-15-11-5-3-2-4-10(9)11;1-4(2,6)3-5;1-3-4-2/h6-9,11,15,19H,10H2,1-5H3,(H,20,23);4-7,10,14-15,19,21H,8H2,1-3H3,(H,20,22);4-7,9,13,17H,8H2,1-3H3,(H,18,21)(H,19,20);4-7,9-10,12,17H,8H2,1-3H3,(H,18,20);2-5,7-8,12,15-16H,6H2,1H3,(H2,14,17);6H,1-2H3;3H,1-2H3/t15-;14-,15?;13-;12-;8-,12?;;/m00000../s1. The second kappa shape index (κ2) is 45.9. The molecule has 10 aromatic rings. The maximum absolute atomic E-state index is 12.6. The predicted octanol–water partition coefficient (Wildman–Crippen LogP) is 11.8. The highest BCUT2D eigenvalue weighted by Gasteiger charge is 2.31. The molecule has 0 bridgehead atoms. The van der Waals surface area contributed by atoms with E-state index in [4.69, 9.17) is 45.1 Å². The summed E-state index contributed by atoms with van der Waals surface area (Å²) >= 11 is 0. The van der Waals surface area contributed by atoms with Crippen molar-refractivity contribution in [2.75, 3.05) is 28.3 Å². The van der Waals surface area contributed by atoms with Crippen molar-refractivity contribution in [1.82, 2.24) is 56.7 Å². The van der Waals surface area contributed by atoms with Crippen molar-refractivity contribution in [2.45, 2.75) is 200 Å². The Balaban J connectivity index is 0.000000302. The number of aliphatic hydroxyl groups excluding tert-OH is 2. The molecule has 118 heavy (non-hydrogen) atoms. The maximum Gasteiger partial charge on any atom is 0.408 e. The first-order chi connectivity index (χ1) is 55.2. The second-order valence-electron chi connectivity index (χ2n) is 31.7. The van der Waals surface area contributed by atoms with Crippen molar-refractivity contribution in [3.8, 4) is 12.1 Å². The SMILES string of the molecule is CC(C)(C)OC(=O)N[C@@H](Cc1c[nH]c2ccccc12)C(=O)O.CC(C)(C)OC(=O)N[C@@H](Cc1c[nH]c2ccccc12)C(O)C#N.CC(C)(C)OC(=O)N[C@H](C=O)Cc1c[nH]c2ccccc12.CC(C)(O)C#N.CNOC.CON(C)C(=O)[C@H](Cc1c[nH]c2ccccc12)NC(=O)OC(C)(C)C.C[C@@H](Cc1c[nH]c2ccccc12)C(O)C(N)=O. The Kier molecular flexibility index (Phi) is 38.1. The first kappa shape index (κ1) is 98.1. The number of nitrogens with two attached hydrogens (primary N) is 1. The molecule has 32 heteroatoms. The first-order valence-corrected chi connectivity index (χ1v) is 37.8. The van der Waals surface area contributed by atoms with Gasteiger partial charge in [-0.1, -0.05) is 97.9 Å². The fraction of sp³-hybridized carbons (Fsp3) is 0.419. The van der Waals surface area contributed by atoms with E-state index in [1.807, 2.05) is 153 Å². The van der Waals surface area contributed by atoms with Crippen LogP contribution in [0.2, 0.25) is 0 Å². The number of carbonyl (C=O) groups excluding carboxylic acids is 7. The average molecular weight is 1630 g/mol. The molecule has 0 aliphatic heterocycles. The number of aromatic amines is 5. The van der Waals surface area contributed by atoms with E-state index in [9.17, 15) is 53.7 Å².